The summed E-state index contributed by atoms with van der Waals surface area (Å²) in [7, 11) is 0. The Morgan fingerprint density at radius 1 is 0.917 bits per heavy atom. The van der Waals surface area contributed by atoms with Gasteiger partial charge in [0.15, 0.2) is 0 Å². The topological polar surface area (TPSA) is 20.3 Å². The summed E-state index contributed by atoms with van der Waals surface area (Å²) >= 11 is 0. The summed E-state index contributed by atoms with van der Waals surface area (Å²) in [5.41, 5.74) is 2.38. The monoisotopic (exact) mass is 321 g/mol. The molecule has 2 aromatic carbocycles. The predicted octanol–water partition coefficient (Wildman–Crippen LogP) is 5.20. The fourth-order valence-corrected chi connectivity index (χ4v) is 3.87. The molecule has 0 spiro atoms. The lowest BCUT2D eigenvalue weighted by Crippen LogP contribution is -2.40. The molecule has 1 saturated carbocycles. The normalized spacial score (nSPS) is 15.4. The summed E-state index contributed by atoms with van der Waals surface area (Å²) in [5, 5.41) is 0. The Labute approximate surface area is 145 Å². The van der Waals surface area contributed by atoms with Crippen LogP contribution in [0.3, 0.4) is 0 Å². The van der Waals surface area contributed by atoms with Crippen molar-refractivity contribution < 1.29 is 4.79 Å². The van der Waals surface area contributed by atoms with Crippen LogP contribution in [0.5, 0.6) is 0 Å². The van der Waals surface area contributed by atoms with Crippen LogP contribution in [0.1, 0.15) is 56.2 Å². The molecule has 0 aliphatic heterocycles. The minimum absolute atomic E-state index is 0.00632. The van der Waals surface area contributed by atoms with Gasteiger partial charge in [-0.2, -0.15) is 0 Å². The fourth-order valence-electron chi connectivity index (χ4n) is 3.87. The second-order valence-corrected chi connectivity index (χ2v) is 6.68. The molecule has 1 amide bonds. The van der Waals surface area contributed by atoms with Crippen LogP contribution in [0.4, 0.5) is 0 Å². The molecule has 0 unspecified atom stereocenters. The fraction of sp³-hybridized carbons (Fsp3) is 0.409. The molecule has 1 fully saturated rings. The predicted molar refractivity (Wildman–Crippen MR) is 98.7 cm³/mol. The van der Waals surface area contributed by atoms with Gasteiger partial charge in [0.05, 0.1) is 6.04 Å². The zero-order chi connectivity index (χ0) is 16.8. The van der Waals surface area contributed by atoms with Gasteiger partial charge in [0.25, 0.3) is 0 Å². The zero-order valence-corrected chi connectivity index (χ0v) is 14.5. The molecule has 2 aromatic rings. The van der Waals surface area contributed by atoms with E-state index in [1.807, 2.05) is 12.1 Å². The second-order valence-electron chi connectivity index (χ2n) is 6.68. The maximum Gasteiger partial charge on any atom is 0.226 e. The van der Waals surface area contributed by atoms with E-state index in [9.17, 15) is 4.79 Å². The summed E-state index contributed by atoms with van der Waals surface area (Å²) < 4.78 is 0. The van der Waals surface area contributed by atoms with Gasteiger partial charge in [0, 0.05) is 12.5 Å². The number of amides is 1. The van der Waals surface area contributed by atoms with Gasteiger partial charge in [-0.1, -0.05) is 79.9 Å². The van der Waals surface area contributed by atoms with Crippen molar-refractivity contribution in [1.82, 2.24) is 4.90 Å². The van der Waals surface area contributed by atoms with Crippen LogP contribution in [-0.4, -0.2) is 17.4 Å². The van der Waals surface area contributed by atoms with Crippen LogP contribution < -0.4 is 0 Å². The van der Waals surface area contributed by atoms with Crippen molar-refractivity contribution in [3.8, 4) is 0 Å². The van der Waals surface area contributed by atoms with E-state index in [4.69, 9.17) is 0 Å². The summed E-state index contributed by atoms with van der Waals surface area (Å²) in [6.07, 6.45) is 5.75. The molecule has 24 heavy (non-hydrogen) atoms. The van der Waals surface area contributed by atoms with Gasteiger partial charge >= 0.3 is 0 Å². The number of carbonyl (C=O) groups excluding carboxylic acids is 1. The minimum atomic E-state index is 0.00632. The van der Waals surface area contributed by atoms with Gasteiger partial charge in [0.1, 0.15) is 0 Å². The van der Waals surface area contributed by atoms with Crippen LogP contribution in [0.25, 0.3) is 0 Å². The maximum absolute atomic E-state index is 13.2. The molecule has 1 aliphatic carbocycles. The average Bonchev–Trinajstić information content (AvgIpc) is 2.67. The first-order chi connectivity index (χ1) is 11.8. The Hall–Kier alpha value is -2.09. The van der Waals surface area contributed by atoms with E-state index in [0.717, 1.165) is 19.4 Å². The SMILES string of the molecule is CCN(C(=O)C1CCCCC1)C(c1ccccc1)c1ccccc1. The Morgan fingerprint density at radius 3 is 1.88 bits per heavy atom. The molecule has 0 bridgehead atoms. The lowest BCUT2D eigenvalue weighted by molar-refractivity contribution is -0.138. The molecule has 1 aliphatic rings. The smallest absolute Gasteiger partial charge is 0.226 e. The third kappa shape index (κ3) is 3.69. The van der Waals surface area contributed by atoms with Crippen molar-refractivity contribution in [2.45, 2.75) is 45.1 Å². The first-order valence-corrected chi connectivity index (χ1v) is 9.21. The molecule has 0 saturated heterocycles. The van der Waals surface area contributed by atoms with E-state index in [0.29, 0.717) is 5.91 Å². The van der Waals surface area contributed by atoms with E-state index in [2.05, 4.69) is 60.4 Å². The maximum atomic E-state index is 13.2. The molecule has 2 nitrogen and oxygen atoms in total. The molecule has 0 N–H and O–H groups in total. The van der Waals surface area contributed by atoms with E-state index in [1.165, 1.54) is 30.4 Å². The molecule has 0 aromatic heterocycles. The van der Waals surface area contributed by atoms with Crippen molar-refractivity contribution in [2.75, 3.05) is 6.54 Å². The molecule has 0 radical (unpaired) electrons. The number of nitrogens with zero attached hydrogens (tertiary/aromatic N) is 1. The van der Waals surface area contributed by atoms with Gasteiger partial charge in [-0.15, -0.1) is 0 Å². The quantitative estimate of drug-likeness (QED) is 0.740. The van der Waals surface area contributed by atoms with Crippen molar-refractivity contribution in [1.29, 1.82) is 0 Å². The molecule has 0 heterocycles. The summed E-state index contributed by atoms with van der Waals surface area (Å²) in [6.45, 7) is 2.84. The number of carbonyl (C=O) groups is 1. The van der Waals surface area contributed by atoms with Crippen molar-refractivity contribution in [2.24, 2.45) is 5.92 Å². The first kappa shape index (κ1) is 16.8. The van der Waals surface area contributed by atoms with E-state index >= 15 is 0 Å². The largest absolute Gasteiger partial charge is 0.332 e. The lowest BCUT2D eigenvalue weighted by atomic mass is 9.87. The van der Waals surface area contributed by atoms with Crippen LogP contribution in [0.2, 0.25) is 0 Å². The highest BCUT2D eigenvalue weighted by atomic mass is 16.2. The van der Waals surface area contributed by atoms with Crippen LogP contribution in [0.15, 0.2) is 60.7 Å². The van der Waals surface area contributed by atoms with E-state index < -0.39 is 0 Å². The molecule has 126 valence electrons. The summed E-state index contributed by atoms with van der Waals surface area (Å²) in [6, 6.07) is 20.8. The molecular formula is C22H27NO. The standard InChI is InChI=1S/C22H27NO/c1-2-23(22(24)20-16-10-5-11-17-20)21(18-12-6-3-7-13-18)19-14-8-4-9-15-19/h3-4,6-9,12-15,20-21H,2,5,10-11,16-17H2,1H3. The van der Waals surface area contributed by atoms with Gasteiger partial charge in [-0.25, -0.2) is 0 Å². The van der Waals surface area contributed by atoms with Crippen molar-refractivity contribution in [3.05, 3.63) is 71.8 Å². The lowest BCUT2D eigenvalue weighted by Gasteiger charge is -2.35. The third-order valence-electron chi connectivity index (χ3n) is 5.12. The van der Waals surface area contributed by atoms with Crippen molar-refractivity contribution >= 4 is 5.91 Å². The van der Waals surface area contributed by atoms with Gasteiger partial charge < -0.3 is 4.90 Å². The second kappa shape index (κ2) is 8.14. The molecule has 2 heteroatoms. The Balaban J connectivity index is 1.95. The highest BCUT2D eigenvalue weighted by molar-refractivity contribution is 5.80. The first-order valence-electron chi connectivity index (χ1n) is 9.21. The van der Waals surface area contributed by atoms with Crippen LogP contribution in [-0.2, 0) is 4.79 Å². The van der Waals surface area contributed by atoms with Gasteiger partial charge in [-0.3, -0.25) is 4.79 Å². The summed E-state index contributed by atoms with van der Waals surface area (Å²) in [4.78, 5) is 15.3. The number of rotatable bonds is 5. The van der Waals surface area contributed by atoms with E-state index in [1.54, 1.807) is 0 Å². The number of benzene rings is 2. The number of hydrogen-bond acceptors (Lipinski definition) is 1. The zero-order valence-electron chi connectivity index (χ0n) is 14.5. The Morgan fingerprint density at radius 2 is 1.42 bits per heavy atom. The minimum Gasteiger partial charge on any atom is -0.332 e. The third-order valence-corrected chi connectivity index (χ3v) is 5.12. The molecular weight excluding hydrogens is 294 g/mol. The highest BCUT2D eigenvalue weighted by Crippen LogP contribution is 2.33. The van der Waals surface area contributed by atoms with Gasteiger partial charge in [0.2, 0.25) is 5.91 Å². The van der Waals surface area contributed by atoms with E-state index in [-0.39, 0.29) is 12.0 Å². The van der Waals surface area contributed by atoms with Crippen LogP contribution >= 0.6 is 0 Å². The summed E-state index contributed by atoms with van der Waals surface area (Å²) in [5.74, 6) is 0.531. The van der Waals surface area contributed by atoms with Crippen LogP contribution in [0, 0.1) is 5.92 Å². The number of hydrogen-bond donors (Lipinski definition) is 0. The average molecular weight is 321 g/mol. The van der Waals surface area contributed by atoms with Crippen molar-refractivity contribution in [3.63, 3.8) is 0 Å². The molecule has 0 atom stereocenters. The Kier molecular flexibility index (Phi) is 5.68. The highest BCUT2D eigenvalue weighted by Gasteiger charge is 2.31. The van der Waals surface area contributed by atoms with Gasteiger partial charge in [-0.05, 0) is 30.9 Å². The molecule has 3 rings (SSSR count). The Bertz CT molecular complexity index is 592.